The molecule has 0 atom stereocenters. The second kappa shape index (κ2) is 6.55. The number of halogens is 1. The van der Waals surface area contributed by atoms with E-state index in [1.165, 1.54) is 6.07 Å². The molecule has 0 radical (unpaired) electrons. The minimum Gasteiger partial charge on any atom is -0.276 e. The van der Waals surface area contributed by atoms with Crippen LogP contribution >= 0.6 is 11.6 Å². The van der Waals surface area contributed by atoms with Crippen molar-refractivity contribution in [3.8, 4) is 0 Å². The van der Waals surface area contributed by atoms with Gasteiger partial charge in [0.25, 0.3) is 5.24 Å². The van der Waals surface area contributed by atoms with Crippen LogP contribution in [0.1, 0.15) is 48.7 Å². The average Bonchev–Trinajstić information content (AvgIpc) is 2.36. The summed E-state index contributed by atoms with van der Waals surface area (Å²) in [5, 5.41) is -0.630. The summed E-state index contributed by atoms with van der Waals surface area (Å²) in [6.07, 6.45) is 4.43. The Bertz CT molecular complexity index is 658. The van der Waals surface area contributed by atoms with Crippen LogP contribution in [0.2, 0.25) is 0 Å². The molecule has 0 saturated heterocycles. The predicted octanol–water partition coefficient (Wildman–Crippen LogP) is 3.84. The Hall–Kier alpha value is -1.13. The van der Waals surface area contributed by atoms with Gasteiger partial charge in [-0.25, -0.2) is 8.42 Å². The van der Waals surface area contributed by atoms with E-state index in [-0.39, 0.29) is 10.5 Å². The van der Waals surface area contributed by atoms with E-state index in [4.69, 9.17) is 11.6 Å². The Kier molecular flexibility index (Phi) is 5.54. The number of rotatable bonds is 5. The van der Waals surface area contributed by atoms with Gasteiger partial charge in [0.05, 0.1) is 4.90 Å². The van der Waals surface area contributed by atoms with E-state index in [0.29, 0.717) is 12.0 Å². The monoisotopic (exact) mass is 314 g/mol. The lowest BCUT2D eigenvalue weighted by atomic mass is 10.0. The Morgan fingerprint density at radius 2 is 1.90 bits per heavy atom. The Labute approximate surface area is 125 Å². The maximum Gasteiger partial charge on any atom is 0.252 e. The van der Waals surface area contributed by atoms with Crippen LogP contribution in [-0.2, 0) is 16.3 Å². The van der Waals surface area contributed by atoms with Crippen LogP contribution in [0.3, 0.4) is 0 Å². The van der Waals surface area contributed by atoms with Gasteiger partial charge in [-0.2, -0.15) is 0 Å². The zero-order chi connectivity index (χ0) is 15.5. The van der Waals surface area contributed by atoms with E-state index in [1.807, 2.05) is 26.8 Å². The zero-order valence-corrected chi connectivity index (χ0v) is 13.7. The maximum atomic E-state index is 11.9. The number of allylic oxidation sites excluding steroid dienone is 1. The molecule has 0 unspecified atom stereocenters. The van der Waals surface area contributed by atoms with Gasteiger partial charge in [-0.3, -0.25) is 4.79 Å². The normalized spacial score (nSPS) is 12.6. The molecule has 1 rings (SSSR count). The summed E-state index contributed by atoms with van der Waals surface area (Å²) >= 11 is 5.55. The molecule has 1 aromatic carbocycles. The Balaban J connectivity index is 3.69. The van der Waals surface area contributed by atoms with Gasteiger partial charge in [0.15, 0.2) is 9.84 Å². The quantitative estimate of drug-likeness (QED) is 0.776. The molecule has 0 aliphatic rings. The molecule has 0 spiro atoms. The van der Waals surface area contributed by atoms with Gasteiger partial charge in [-0.05, 0) is 54.6 Å². The third kappa shape index (κ3) is 3.93. The number of hydrogen-bond donors (Lipinski definition) is 0. The van der Waals surface area contributed by atoms with Gasteiger partial charge >= 0.3 is 0 Å². The smallest absolute Gasteiger partial charge is 0.252 e. The van der Waals surface area contributed by atoms with Gasteiger partial charge in [0, 0.05) is 11.8 Å². The molecule has 0 saturated carbocycles. The molecule has 20 heavy (non-hydrogen) atoms. The predicted molar refractivity (Wildman–Crippen MR) is 83.1 cm³/mol. The molecule has 0 aliphatic carbocycles. The second-order valence-corrected chi connectivity index (χ2v) is 7.12. The zero-order valence-electron chi connectivity index (χ0n) is 12.2. The van der Waals surface area contributed by atoms with Crippen molar-refractivity contribution in [2.75, 3.05) is 6.26 Å². The highest BCUT2D eigenvalue weighted by atomic mass is 35.5. The summed E-state index contributed by atoms with van der Waals surface area (Å²) in [5.74, 6) is 0. The molecule has 3 nitrogen and oxygen atoms in total. The topological polar surface area (TPSA) is 51.2 Å². The summed E-state index contributed by atoms with van der Waals surface area (Å²) in [5.41, 5.74) is 2.71. The molecule has 0 fully saturated rings. The fourth-order valence-electron chi connectivity index (χ4n) is 1.92. The van der Waals surface area contributed by atoms with Gasteiger partial charge < -0.3 is 0 Å². The fourth-order valence-corrected chi connectivity index (χ4v) is 2.97. The lowest BCUT2D eigenvalue weighted by Crippen LogP contribution is -2.06. The molecule has 1 aromatic rings. The number of carbonyl (C=O) groups is 1. The highest BCUT2D eigenvalue weighted by Crippen LogP contribution is 2.26. The van der Waals surface area contributed by atoms with E-state index in [9.17, 15) is 13.2 Å². The van der Waals surface area contributed by atoms with Crippen LogP contribution in [0.25, 0.3) is 6.08 Å². The first-order valence-electron chi connectivity index (χ1n) is 6.44. The Morgan fingerprint density at radius 1 is 1.30 bits per heavy atom. The largest absolute Gasteiger partial charge is 0.276 e. The van der Waals surface area contributed by atoms with Crippen LogP contribution < -0.4 is 0 Å². The first-order chi connectivity index (χ1) is 9.20. The number of aryl methyl sites for hydroxylation is 1. The SMILES string of the molecule is CC/C(C)=C/c1cc(CC)c(C(=O)Cl)cc1S(C)(=O)=O. The first-order valence-corrected chi connectivity index (χ1v) is 8.71. The summed E-state index contributed by atoms with van der Waals surface area (Å²) in [4.78, 5) is 11.6. The molecule has 0 bridgehead atoms. The van der Waals surface area contributed by atoms with Crippen LogP contribution in [0, 0.1) is 0 Å². The van der Waals surface area contributed by atoms with Crippen LogP contribution in [0.4, 0.5) is 0 Å². The molecule has 110 valence electrons. The van der Waals surface area contributed by atoms with Crippen molar-refractivity contribution in [2.45, 2.75) is 38.5 Å². The summed E-state index contributed by atoms with van der Waals surface area (Å²) in [6, 6.07) is 3.13. The van der Waals surface area contributed by atoms with Gasteiger partial charge in [-0.15, -0.1) is 0 Å². The number of carbonyl (C=O) groups excluding carboxylic acids is 1. The molecule has 0 aromatic heterocycles. The number of benzene rings is 1. The minimum absolute atomic E-state index is 0.145. The van der Waals surface area contributed by atoms with Crippen molar-refractivity contribution >= 4 is 32.8 Å². The van der Waals surface area contributed by atoms with Crippen molar-refractivity contribution in [1.29, 1.82) is 0 Å². The first kappa shape index (κ1) is 16.9. The van der Waals surface area contributed by atoms with Crippen LogP contribution in [0.5, 0.6) is 0 Å². The van der Waals surface area contributed by atoms with Crippen molar-refractivity contribution in [3.63, 3.8) is 0 Å². The van der Waals surface area contributed by atoms with Gasteiger partial charge in [0.2, 0.25) is 0 Å². The second-order valence-electron chi connectivity index (χ2n) is 4.79. The van der Waals surface area contributed by atoms with E-state index >= 15 is 0 Å². The lowest BCUT2D eigenvalue weighted by molar-refractivity contribution is 0.108. The van der Waals surface area contributed by atoms with Gasteiger partial charge in [-0.1, -0.05) is 25.5 Å². The van der Waals surface area contributed by atoms with Crippen molar-refractivity contribution < 1.29 is 13.2 Å². The summed E-state index contributed by atoms with van der Waals surface area (Å²) < 4.78 is 23.8. The van der Waals surface area contributed by atoms with Crippen molar-refractivity contribution in [3.05, 3.63) is 34.4 Å². The third-order valence-corrected chi connectivity index (χ3v) is 4.54. The van der Waals surface area contributed by atoms with Crippen molar-refractivity contribution in [2.24, 2.45) is 0 Å². The summed E-state index contributed by atoms with van der Waals surface area (Å²) in [6.45, 7) is 5.85. The fraction of sp³-hybridized carbons (Fsp3) is 0.400. The van der Waals surface area contributed by atoms with Crippen LogP contribution in [-0.4, -0.2) is 19.9 Å². The molecule has 5 heteroatoms. The highest BCUT2D eigenvalue weighted by Gasteiger charge is 2.18. The Morgan fingerprint density at radius 3 is 2.30 bits per heavy atom. The number of sulfone groups is 1. The van der Waals surface area contributed by atoms with Crippen LogP contribution in [0.15, 0.2) is 22.6 Å². The standard InChI is InChI=1S/C15H19ClO3S/c1-5-10(3)7-12-8-11(6-2)13(15(16)17)9-14(12)20(4,18)19/h7-9H,5-6H2,1-4H3/b10-7+. The van der Waals surface area contributed by atoms with E-state index in [0.717, 1.165) is 23.8 Å². The molecule has 0 amide bonds. The number of hydrogen-bond acceptors (Lipinski definition) is 3. The molecule has 0 N–H and O–H groups in total. The highest BCUT2D eigenvalue weighted by molar-refractivity contribution is 7.90. The third-order valence-electron chi connectivity index (χ3n) is 3.19. The lowest BCUT2D eigenvalue weighted by Gasteiger charge is -2.11. The molecular formula is C15H19ClO3S. The van der Waals surface area contributed by atoms with E-state index in [2.05, 4.69) is 0 Å². The van der Waals surface area contributed by atoms with Crippen molar-refractivity contribution in [1.82, 2.24) is 0 Å². The molecule has 0 heterocycles. The van der Waals surface area contributed by atoms with Gasteiger partial charge in [0.1, 0.15) is 0 Å². The van der Waals surface area contributed by atoms with E-state index in [1.54, 1.807) is 6.07 Å². The van der Waals surface area contributed by atoms with E-state index < -0.39 is 15.1 Å². The summed E-state index contributed by atoms with van der Waals surface area (Å²) in [7, 11) is -3.42. The average molecular weight is 315 g/mol. The molecule has 0 aliphatic heterocycles. The molecular weight excluding hydrogens is 296 g/mol. The minimum atomic E-state index is -3.42. The maximum absolute atomic E-state index is 11.9.